The average Bonchev–Trinajstić information content (AvgIpc) is 2.36. The zero-order valence-corrected chi connectivity index (χ0v) is 11.9. The summed E-state index contributed by atoms with van der Waals surface area (Å²) in [5.74, 6) is 0.0496. The van der Waals surface area contributed by atoms with Gasteiger partial charge in [0.15, 0.2) is 0 Å². The van der Waals surface area contributed by atoms with Gasteiger partial charge in [-0.15, -0.1) is 0 Å². The van der Waals surface area contributed by atoms with Gasteiger partial charge < -0.3 is 5.32 Å². The molecule has 2 heteroatoms. The van der Waals surface area contributed by atoms with Crippen molar-refractivity contribution in [3.8, 4) is 0 Å². The number of hydrogen-bond acceptors (Lipinski definition) is 1. The van der Waals surface area contributed by atoms with E-state index in [0.717, 1.165) is 18.5 Å². The summed E-state index contributed by atoms with van der Waals surface area (Å²) in [5, 5.41) is 2.98. The highest BCUT2D eigenvalue weighted by Gasteiger charge is 2.05. The van der Waals surface area contributed by atoms with E-state index in [4.69, 9.17) is 0 Å². The van der Waals surface area contributed by atoms with E-state index < -0.39 is 0 Å². The number of aryl methyl sites for hydroxylation is 2. The van der Waals surface area contributed by atoms with E-state index in [0.29, 0.717) is 0 Å². The molecule has 0 radical (unpaired) electrons. The van der Waals surface area contributed by atoms with Gasteiger partial charge in [-0.25, -0.2) is 0 Å². The average molecular weight is 247 g/mol. The van der Waals surface area contributed by atoms with Crippen LogP contribution in [0.25, 0.3) is 0 Å². The van der Waals surface area contributed by atoms with Crippen LogP contribution in [0.3, 0.4) is 0 Å². The Balaban J connectivity index is 2.30. The Morgan fingerprint density at radius 3 is 2.44 bits per heavy atom. The fourth-order valence-electron chi connectivity index (χ4n) is 1.92. The number of nitrogens with one attached hydrogen (secondary N) is 1. The van der Waals surface area contributed by atoms with Crippen molar-refractivity contribution < 1.29 is 4.79 Å². The molecule has 0 unspecified atom stereocenters. The van der Waals surface area contributed by atoms with Crippen LogP contribution in [0.1, 0.15) is 60.5 Å². The van der Waals surface area contributed by atoms with Crippen LogP contribution in [0.15, 0.2) is 18.2 Å². The number of rotatable bonds is 7. The maximum absolute atomic E-state index is 11.9. The van der Waals surface area contributed by atoms with Gasteiger partial charge in [-0.2, -0.15) is 0 Å². The molecule has 0 spiro atoms. The number of hydrogen-bond donors (Lipinski definition) is 1. The first-order valence-corrected chi connectivity index (χ1v) is 7.00. The third-order valence-corrected chi connectivity index (χ3v) is 3.33. The van der Waals surface area contributed by atoms with Crippen LogP contribution in [0, 0.1) is 13.8 Å². The van der Waals surface area contributed by atoms with Gasteiger partial charge in [-0.05, 0) is 43.5 Å². The molecule has 0 aliphatic rings. The molecule has 1 amide bonds. The van der Waals surface area contributed by atoms with Crippen molar-refractivity contribution in [2.45, 2.75) is 52.9 Å². The smallest absolute Gasteiger partial charge is 0.251 e. The fourth-order valence-corrected chi connectivity index (χ4v) is 1.92. The van der Waals surface area contributed by atoms with E-state index in [9.17, 15) is 4.79 Å². The maximum atomic E-state index is 11.9. The molecule has 1 N–H and O–H groups in total. The van der Waals surface area contributed by atoms with Crippen LogP contribution in [0.5, 0.6) is 0 Å². The molecule has 1 rings (SSSR count). The molecule has 100 valence electrons. The highest BCUT2D eigenvalue weighted by atomic mass is 16.1. The molecule has 0 fully saturated rings. The third-order valence-electron chi connectivity index (χ3n) is 3.33. The van der Waals surface area contributed by atoms with E-state index in [-0.39, 0.29) is 5.91 Å². The Kier molecular flexibility index (Phi) is 6.48. The minimum Gasteiger partial charge on any atom is -0.352 e. The first kappa shape index (κ1) is 14.7. The quantitative estimate of drug-likeness (QED) is 0.725. The summed E-state index contributed by atoms with van der Waals surface area (Å²) in [7, 11) is 0. The molecule has 0 heterocycles. The van der Waals surface area contributed by atoms with Crippen molar-refractivity contribution in [1.29, 1.82) is 0 Å². The van der Waals surface area contributed by atoms with Gasteiger partial charge in [0, 0.05) is 12.1 Å². The monoisotopic (exact) mass is 247 g/mol. The lowest BCUT2D eigenvalue weighted by molar-refractivity contribution is 0.0953. The summed E-state index contributed by atoms with van der Waals surface area (Å²) in [4.78, 5) is 11.9. The Morgan fingerprint density at radius 2 is 1.78 bits per heavy atom. The van der Waals surface area contributed by atoms with Gasteiger partial charge >= 0.3 is 0 Å². The van der Waals surface area contributed by atoms with Gasteiger partial charge in [0.2, 0.25) is 0 Å². The summed E-state index contributed by atoms with van der Waals surface area (Å²) in [5.41, 5.74) is 3.17. The molecule has 0 bridgehead atoms. The fraction of sp³-hybridized carbons (Fsp3) is 0.562. The zero-order valence-electron chi connectivity index (χ0n) is 11.9. The minimum atomic E-state index is 0.0496. The molecule has 1 aromatic rings. The standard InChI is InChI=1S/C16H25NO/c1-4-5-6-7-8-11-17-16(18)15-10-9-13(2)14(3)12-15/h9-10,12H,4-8,11H2,1-3H3,(H,17,18). The van der Waals surface area contributed by atoms with Gasteiger partial charge in [-0.3, -0.25) is 4.79 Å². The van der Waals surface area contributed by atoms with Crippen LogP contribution in [-0.2, 0) is 0 Å². The van der Waals surface area contributed by atoms with Gasteiger partial charge in [0.1, 0.15) is 0 Å². The molecule has 0 aliphatic heterocycles. The van der Waals surface area contributed by atoms with Crippen molar-refractivity contribution in [3.05, 3.63) is 34.9 Å². The van der Waals surface area contributed by atoms with E-state index >= 15 is 0 Å². The summed E-state index contributed by atoms with van der Waals surface area (Å²) in [6.07, 6.45) is 6.12. The summed E-state index contributed by atoms with van der Waals surface area (Å²) >= 11 is 0. The van der Waals surface area contributed by atoms with E-state index in [1.165, 1.54) is 36.8 Å². The lowest BCUT2D eigenvalue weighted by Gasteiger charge is -2.07. The number of carbonyl (C=O) groups excluding carboxylic acids is 1. The maximum Gasteiger partial charge on any atom is 0.251 e. The molecule has 0 saturated carbocycles. The van der Waals surface area contributed by atoms with Crippen LogP contribution >= 0.6 is 0 Å². The van der Waals surface area contributed by atoms with Crippen molar-refractivity contribution in [1.82, 2.24) is 5.32 Å². The van der Waals surface area contributed by atoms with Crippen LogP contribution in [0.2, 0.25) is 0 Å². The molecule has 18 heavy (non-hydrogen) atoms. The van der Waals surface area contributed by atoms with Crippen molar-refractivity contribution in [3.63, 3.8) is 0 Å². The first-order chi connectivity index (χ1) is 8.65. The van der Waals surface area contributed by atoms with E-state index in [2.05, 4.69) is 19.2 Å². The molecular weight excluding hydrogens is 222 g/mol. The second kappa shape index (κ2) is 7.91. The highest BCUT2D eigenvalue weighted by molar-refractivity contribution is 5.94. The molecule has 0 aromatic heterocycles. The Hall–Kier alpha value is -1.31. The van der Waals surface area contributed by atoms with E-state index in [1.807, 2.05) is 25.1 Å². The van der Waals surface area contributed by atoms with Crippen molar-refractivity contribution in [2.24, 2.45) is 0 Å². The van der Waals surface area contributed by atoms with E-state index in [1.54, 1.807) is 0 Å². The Bertz CT molecular complexity index is 385. The SMILES string of the molecule is CCCCCCCNC(=O)c1ccc(C)c(C)c1. The Labute approximate surface area is 111 Å². The number of amides is 1. The Morgan fingerprint density at radius 1 is 1.06 bits per heavy atom. The molecule has 0 aliphatic carbocycles. The zero-order chi connectivity index (χ0) is 13.4. The van der Waals surface area contributed by atoms with Crippen LogP contribution in [-0.4, -0.2) is 12.5 Å². The number of carbonyl (C=O) groups is 1. The molecule has 0 saturated heterocycles. The highest BCUT2D eigenvalue weighted by Crippen LogP contribution is 2.09. The number of benzene rings is 1. The number of unbranched alkanes of at least 4 members (excludes halogenated alkanes) is 4. The molecule has 1 aromatic carbocycles. The largest absolute Gasteiger partial charge is 0.352 e. The molecular formula is C16H25NO. The second-order valence-electron chi connectivity index (χ2n) is 4.97. The minimum absolute atomic E-state index is 0.0496. The van der Waals surface area contributed by atoms with Crippen molar-refractivity contribution in [2.75, 3.05) is 6.54 Å². The molecule has 2 nitrogen and oxygen atoms in total. The van der Waals surface area contributed by atoms with Crippen molar-refractivity contribution >= 4 is 5.91 Å². The lowest BCUT2D eigenvalue weighted by atomic mass is 10.1. The second-order valence-corrected chi connectivity index (χ2v) is 4.97. The van der Waals surface area contributed by atoms with Crippen LogP contribution < -0.4 is 5.32 Å². The van der Waals surface area contributed by atoms with Crippen LogP contribution in [0.4, 0.5) is 0 Å². The first-order valence-electron chi connectivity index (χ1n) is 7.00. The summed E-state index contributed by atoms with van der Waals surface area (Å²) < 4.78 is 0. The lowest BCUT2D eigenvalue weighted by Crippen LogP contribution is -2.24. The summed E-state index contributed by atoms with van der Waals surface area (Å²) in [6.45, 7) is 7.10. The predicted octanol–water partition coefficient (Wildman–Crippen LogP) is 4.00. The normalized spacial score (nSPS) is 10.4. The topological polar surface area (TPSA) is 29.1 Å². The van der Waals surface area contributed by atoms with Gasteiger partial charge in [-0.1, -0.05) is 38.7 Å². The van der Waals surface area contributed by atoms with Gasteiger partial charge in [0.25, 0.3) is 5.91 Å². The molecule has 0 atom stereocenters. The van der Waals surface area contributed by atoms with Gasteiger partial charge in [0.05, 0.1) is 0 Å². The summed E-state index contributed by atoms with van der Waals surface area (Å²) in [6, 6.07) is 5.86. The third kappa shape index (κ3) is 4.91. The predicted molar refractivity (Wildman–Crippen MR) is 77.0 cm³/mol.